The zero-order valence-corrected chi connectivity index (χ0v) is 20.9. The van der Waals surface area contributed by atoms with E-state index in [1.165, 1.54) is 28.0 Å². The minimum Gasteiger partial charge on any atom is -0.477 e. The Hall–Kier alpha value is -2.89. The Kier molecular flexibility index (Phi) is 6.32. The van der Waals surface area contributed by atoms with Crippen LogP contribution in [0.5, 0.6) is 0 Å². The van der Waals surface area contributed by atoms with Crippen LogP contribution in [0.1, 0.15) is 29.9 Å². The van der Waals surface area contributed by atoms with Crippen LogP contribution in [0.3, 0.4) is 0 Å². The molecule has 2 fully saturated rings. The molecule has 3 N–H and O–H groups in total. The van der Waals surface area contributed by atoms with Crippen LogP contribution >= 0.6 is 23.1 Å². The molecule has 3 aliphatic heterocycles. The molecule has 2 saturated heterocycles. The standard InChI is InChI=1S/C24H26N4O5S2/c1-12-18-17(13(2)29)22(31)28(18)19(23(32)33)20(12)35-16-9-27(10-16)24-26-15(11-34-24)8-25-21(30)14-6-4-3-5-7-14/h3-7,11-13,16-18,29H,8-10H2,1-2H3,(H,25,30)(H,32,33)/t12-,13-,17-,18-/m1/s1. The van der Waals surface area contributed by atoms with Crippen molar-refractivity contribution in [2.24, 2.45) is 11.8 Å². The van der Waals surface area contributed by atoms with E-state index in [0.717, 1.165) is 23.9 Å². The third-order valence-corrected chi connectivity index (χ3v) is 9.13. The van der Waals surface area contributed by atoms with Gasteiger partial charge in [0.25, 0.3) is 5.91 Å². The molecule has 1 aromatic heterocycles. The number of carboxylic acids is 1. The van der Waals surface area contributed by atoms with Crippen molar-refractivity contribution >= 4 is 46.0 Å². The van der Waals surface area contributed by atoms with Crippen molar-refractivity contribution < 1.29 is 24.6 Å². The van der Waals surface area contributed by atoms with Crippen LogP contribution in [-0.4, -0.2) is 68.4 Å². The number of aliphatic carboxylic acids is 1. The first-order valence-electron chi connectivity index (χ1n) is 11.4. The van der Waals surface area contributed by atoms with Crippen LogP contribution < -0.4 is 10.2 Å². The Balaban J connectivity index is 1.17. The number of nitrogens with one attached hydrogen (secondary N) is 1. The first-order valence-corrected chi connectivity index (χ1v) is 13.2. The molecule has 0 bridgehead atoms. The Labute approximate surface area is 210 Å². The Morgan fingerprint density at radius 2 is 2.00 bits per heavy atom. The number of hydrogen-bond acceptors (Lipinski definition) is 8. The third kappa shape index (κ3) is 4.21. The molecule has 0 saturated carbocycles. The Morgan fingerprint density at radius 3 is 2.66 bits per heavy atom. The monoisotopic (exact) mass is 514 g/mol. The van der Waals surface area contributed by atoms with Crippen molar-refractivity contribution in [3.63, 3.8) is 0 Å². The fourth-order valence-electron chi connectivity index (χ4n) is 4.91. The summed E-state index contributed by atoms with van der Waals surface area (Å²) in [7, 11) is 0. The number of rotatable bonds is 8. The van der Waals surface area contributed by atoms with Gasteiger partial charge in [0, 0.05) is 40.1 Å². The minimum atomic E-state index is -1.10. The van der Waals surface area contributed by atoms with Crippen molar-refractivity contribution in [3.8, 4) is 0 Å². The van der Waals surface area contributed by atoms with Crippen molar-refractivity contribution in [3.05, 3.63) is 57.6 Å². The lowest BCUT2D eigenvalue weighted by atomic mass is 9.79. The molecular weight excluding hydrogens is 488 g/mol. The molecule has 2 aromatic rings. The molecular formula is C24H26N4O5S2. The molecule has 35 heavy (non-hydrogen) atoms. The number of anilines is 1. The maximum Gasteiger partial charge on any atom is 0.353 e. The van der Waals surface area contributed by atoms with Gasteiger partial charge in [-0.1, -0.05) is 25.1 Å². The molecule has 4 heterocycles. The number of aromatic nitrogens is 1. The van der Waals surface area contributed by atoms with Gasteiger partial charge in [0.15, 0.2) is 5.13 Å². The van der Waals surface area contributed by atoms with Gasteiger partial charge in [0.05, 0.1) is 30.3 Å². The topological polar surface area (TPSA) is 123 Å². The summed E-state index contributed by atoms with van der Waals surface area (Å²) in [6.07, 6.45) is -0.804. The predicted molar refractivity (Wildman–Crippen MR) is 133 cm³/mol. The zero-order valence-electron chi connectivity index (χ0n) is 19.2. The maximum absolute atomic E-state index is 12.5. The number of benzene rings is 1. The molecule has 11 heteroatoms. The van der Waals surface area contributed by atoms with E-state index in [2.05, 4.69) is 15.2 Å². The molecule has 184 valence electrons. The largest absolute Gasteiger partial charge is 0.477 e. The number of hydrogen-bond donors (Lipinski definition) is 3. The van der Waals surface area contributed by atoms with Crippen LogP contribution in [0, 0.1) is 11.8 Å². The summed E-state index contributed by atoms with van der Waals surface area (Å²) in [5.74, 6) is -2.23. The average molecular weight is 515 g/mol. The molecule has 9 nitrogen and oxygen atoms in total. The molecule has 0 unspecified atom stereocenters. The van der Waals surface area contributed by atoms with Crippen LogP contribution in [0.15, 0.2) is 46.3 Å². The first-order chi connectivity index (χ1) is 16.8. The highest BCUT2D eigenvalue weighted by Crippen LogP contribution is 2.52. The van der Waals surface area contributed by atoms with Gasteiger partial charge in [-0.3, -0.25) is 9.59 Å². The van der Waals surface area contributed by atoms with Gasteiger partial charge >= 0.3 is 5.97 Å². The number of thiazole rings is 1. The molecule has 4 atom stereocenters. The number of thioether (sulfide) groups is 1. The molecule has 0 spiro atoms. The van der Waals surface area contributed by atoms with E-state index in [9.17, 15) is 24.6 Å². The highest BCUT2D eigenvalue weighted by molar-refractivity contribution is 8.03. The number of aliphatic hydroxyl groups excluding tert-OH is 1. The number of amides is 2. The van der Waals surface area contributed by atoms with Gasteiger partial charge < -0.3 is 25.3 Å². The average Bonchev–Trinajstić information content (AvgIpc) is 3.35. The van der Waals surface area contributed by atoms with Gasteiger partial charge in [-0.05, 0) is 19.1 Å². The summed E-state index contributed by atoms with van der Waals surface area (Å²) >= 11 is 3.03. The van der Waals surface area contributed by atoms with Crippen LogP contribution in [0.2, 0.25) is 0 Å². The molecule has 5 rings (SSSR count). The maximum atomic E-state index is 12.5. The lowest BCUT2D eigenvalue weighted by molar-refractivity contribution is -0.163. The summed E-state index contributed by atoms with van der Waals surface area (Å²) in [4.78, 5) is 45.5. The predicted octanol–water partition coefficient (Wildman–Crippen LogP) is 2.15. The second-order valence-electron chi connectivity index (χ2n) is 9.09. The summed E-state index contributed by atoms with van der Waals surface area (Å²) in [6.45, 7) is 5.30. The van der Waals surface area contributed by atoms with E-state index < -0.39 is 18.0 Å². The van der Waals surface area contributed by atoms with Crippen molar-refractivity contribution in [1.82, 2.24) is 15.2 Å². The number of nitrogens with zero attached hydrogens (tertiary/aromatic N) is 3. The highest BCUT2D eigenvalue weighted by atomic mass is 32.2. The first kappa shape index (κ1) is 23.8. The number of aliphatic hydroxyl groups is 1. The second-order valence-corrected chi connectivity index (χ2v) is 11.3. The van der Waals surface area contributed by atoms with Gasteiger partial charge in [-0.2, -0.15) is 0 Å². The van der Waals surface area contributed by atoms with Gasteiger partial charge in [0.1, 0.15) is 5.70 Å². The number of carboxylic acid groups (broad SMARTS) is 1. The number of β-lactam (4-membered cyclic amide) rings is 1. The zero-order chi connectivity index (χ0) is 24.9. The van der Waals surface area contributed by atoms with E-state index in [1.807, 2.05) is 30.5 Å². The van der Waals surface area contributed by atoms with Crippen molar-refractivity contribution in [2.75, 3.05) is 18.0 Å². The quantitative estimate of drug-likeness (QED) is 0.458. The van der Waals surface area contributed by atoms with E-state index in [-0.39, 0.29) is 34.7 Å². The molecule has 3 aliphatic rings. The van der Waals surface area contributed by atoms with E-state index in [1.54, 1.807) is 19.1 Å². The smallest absolute Gasteiger partial charge is 0.353 e. The van der Waals surface area contributed by atoms with Gasteiger partial charge in [-0.25, -0.2) is 9.78 Å². The lowest BCUT2D eigenvalue weighted by Crippen LogP contribution is -2.63. The van der Waals surface area contributed by atoms with Crippen molar-refractivity contribution in [1.29, 1.82) is 0 Å². The summed E-state index contributed by atoms with van der Waals surface area (Å²) < 4.78 is 0. The summed E-state index contributed by atoms with van der Waals surface area (Å²) in [5, 5.41) is 25.6. The molecule has 0 radical (unpaired) electrons. The highest BCUT2D eigenvalue weighted by Gasteiger charge is 2.60. The van der Waals surface area contributed by atoms with Crippen LogP contribution in [-0.2, 0) is 16.1 Å². The molecule has 0 aliphatic carbocycles. The fraction of sp³-hybridized carbons (Fsp3) is 0.417. The van der Waals surface area contributed by atoms with Gasteiger partial charge in [0.2, 0.25) is 5.91 Å². The Bertz CT molecular complexity index is 1190. The number of carbonyl (C=O) groups excluding carboxylic acids is 2. The molecule has 2 amide bonds. The fourth-order valence-corrected chi connectivity index (χ4v) is 7.28. The van der Waals surface area contributed by atoms with Gasteiger partial charge in [-0.15, -0.1) is 23.1 Å². The summed E-state index contributed by atoms with van der Waals surface area (Å²) in [6, 6.07) is 8.74. The van der Waals surface area contributed by atoms with Crippen molar-refractivity contribution in [2.45, 2.75) is 37.8 Å². The number of fused-ring (bicyclic) bond motifs is 1. The summed E-state index contributed by atoms with van der Waals surface area (Å²) in [5.41, 5.74) is 1.46. The SMILES string of the molecule is C[C@@H](O)[C@H]1C(=O)N2C(C(=O)O)=C(SC3CN(c4nc(CNC(=O)c5ccccc5)cs4)C3)[C@H](C)[C@H]12. The van der Waals surface area contributed by atoms with E-state index >= 15 is 0 Å². The van der Waals surface area contributed by atoms with E-state index in [0.29, 0.717) is 17.0 Å². The lowest BCUT2D eigenvalue weighted by Gasteiger charge is -2.46. The minimum absolute atomic E-state index is 0.0681. The van der Waals surface area contributed by atoms with E-state index in [4.69, 9.17) is 0 Å². The third-order valence-electron chi connectivity index (χ3n) is 6.73. The normalized spacial score (nSPS) is 24.7. The van der Waals surface area contributed by atoms with Crippen LogP contribution in [0.4, 0.5) is 5.13 Å². The van der Waals surface area contributed by atoms with Crippen LogP contribution in [0.25, 0.3) is 0 Å². The number of carbonyl (C=O) groups is 3. The molecule has 1 aromatic carbocycles. The Morgan fingerprint density at radius 1 is 1.29 bits per heavy atom. The second kappa shape index (κ2) is 9.29.